The van der Waals surface area contributed by atoms with Crippen LogP contribution in [0.2, 0.25) is 0 Å². The summed E-state index contributed by atoms with van der Waals surface area (Å²) in [6, 6.07) is 0. The molecule has 0 spiro atoms. The second kappa shape index (κ2) is 8.72. The summed E-state index contributed by atoms with van der Waals surface area (Å²) in [6.07, 6.45) is 4.18. The highest BCUT2D eigenvalue weighted by Crippen LogP contribution is 2.04. The van der Waals surface area contributed by atoms with Crippen molar-refractivity contribution in [3.05, 3.63) is 0 Å². The minimum absolute atomic E-state index is 0.276. The zero-order valence-electron chi connectivity index (χ0n) is 10.7. The molecule has 0 atom stereocenters. The van der Waals surface area contributed by atoms with Crippen molar-refractivity contribution in [1.29, 1.82) is 0 Å². The van der Waals surface area contributed by atoms with Crippen molar-refractivity contribution in [1.82, 2.24) is 10.2 Å². The van der Waals surface area contributed by atoms with Gasteiger partial charge in [0.15, 0.2) is 0 Å². The maximum atomic E-state index is 11.6. The summed E-state index contributed by atoms with van der Waals surface area (Å²) in [4.78, 5) is 13.4. The van der Waals surface area contributed by atoms with E-state index in [-0.39, 0.29) is 5.91 Å². The predicted molar refractivity (Wildman–Crippen MR) is 64.9 cm³/mol. The third-order valence-electron chi connectivity index (χ3n) is 2.43. The van der Waals surface area contributed by atoms with Crippen LogP contribution in [-0.4, -0.2) is 38.0 Å². The van der Waals surface area contributed by atoms with Crippen LogP contribution >= 0.6 is 0 Å². The number of amides is 1. The number of hydrogen-bond acceptors (Lipinski definition) is 2. The lowest BCUT2D eigenvalue weighted by Crippen LogP contribution is -2.28. The number of carbonyl (C=O) groups excluding carboxylic acids is 1. The van der Waals surface area contributed by atoms with Crippen molar-refractivity contribution in [2.24, 2.45) is 5.92 Å². The van der Waals surface area contributed by atoms with E-state index in [0.29, 0.717) is 12.3 Å². The fraction of sp³-hybridized carbons (Fsp3) is 0.917. The molecular formula is C12H26N2O. The highest BCUT2D eigenvalue weighted by atomic mass is 16.2. The van der Waals surface area contributed by atoms with Gasteiger partial charge >= 0.3 is 0 Å². The summed E-state index contributed by atoms with van der Waals surface area (Å²) in [5.41, 5.74) is 0. The molecule has 0 rings (SSSR count). The van der Waals surface area contributed by atoms with Crippen molar-refractivity contribution in [3.8, 4) is 0 Å². The van der Waals surface area contributed by atoms with E-state index >= 15 is 0 Å². The van der Waals surface area contributed by atoms with Crippen LogP contribution < -0.4 is 5.32 Å². The molecule has 0 unspecified atom stereocenters. The van der Waals surface area contributed by atoms with E-state index in [0.717, 1.165) is 19.5 Å². The Kier molecular flexibility index (Phi) is 8.38. The van der Waals surface area contributed by atoms with E-state index in [9.17, 15) is 4.79 Å². The van der Waals surface area contributed by atoms with E-state index < -0.39 is 0 Å². The molecule has 0 aromatic rings. The molecule has 0 radical (unpaired) electrons. The van der Waals surface area contributed by atoms with Crippen molar-refractivity contribution in [2.75, 3.05) is 27.2 Å². The summed E-state index contributed by atoms with van der Waals surface area (Å²) >= 11 is 0. The first kappa shape index (κ1) is 14.4. The number of nitrogens with zero attached hydrogens (tertiary/aromatic N) is 1. The van der Waals surface area contributed by atoms with Crippen LogP contribution in [0.3, 0.4) is 0 Å². The Morgan fingerprint density at radius 2 is 1.93 bits per heavy atom. The smallest absolute Gasteiger partial charge is 0.222 e. The average Bonchev–Trinajstić information content (AvgIpc) is 2.16. The molecule has 0 bridgehead atoms. The van der Waals surface area contributed by atoms with Gasteiger partial charge in [0.25, 0.3) is 0 Å². The molecule has 0 fully saturated rings. The van der Waals surface area contributed by atoms with Gasteiger partial charge in [-0.2, -0.15) is 0 Å². The van der Waals surface area contributed by atoms with Crippen LogP contribution in [0, 0.1) is 5.92 Å². The quantitative estimate of drug-likeness (QED) is 0.626. The Bertz CT molecular complexity index is 169. The first-order chi connectivity index (χ1) is 7.07. The lowest BCUT2D eigenvalue weighted by Gasteiger charge is -2.18. The predicted octanol–water partition coefficient (Wildman–Crippen LogP) is 1.88. The molecule has 3 heteroatoms. The Morgan fingerprint density at radius 1 is 1.27 bits per heavy atom. The summed E-state index contributed by atoms with van der Waals surface area (Å²) in [5.74, 6) is 0.739. The summed E-state index contributed by atoms with van der Waals surface area (Å²) in [5, 5.41) is 3.12. The van der Waals surface area contributed by atoms with Gasteiger partial charge in [-0.3, -0.25) is 4.79 Å². The van der Waals surface area contributed by atoms with Gasteiger partial charge in [-0.25, -0.2) is 0 Å². The molecule has 0 heterocycles. The van der Waals surface area contributed by atoms with Crippen LogP contribution in [0.5, 0.6) is 0 Å². The average molecular weight is 214 g/mol. The monoisotopic (exact) mass is 214 g/mol. The minimum Gasteiger partial charge on any atom is -0.346 e. The van der Waals surface area contributed by atoms with Gasteiger partial charge in [0, 0.05) is 20.0 Å². The number of hydrogen-bond donors (Lipinski definition) is 1. The molecule has 15 heavy (non-hydrogen) atoms. The maximum Gasteiger partial charge on any atom is 0.222 e. The van der Waals surface area contributed by atoms with Gasteiger partial charge in [-0.15, -0.1) is 0 Å². The zero-order valence-corrected chi connectivity index (χ0v) is 10.7. The molecule has 0 saturated heterocycles. The largest absolute Gasteiger partial charge is 0.346 e. The topological polar surface area (TPSA) is 32.3 Å². The fourth-order valence-corrected chi connectivity index (χ4v) is 1.46. The summed E-state index contributed by atoms with van der Waals surface area (Å²) in [7, 11) is 3.88. The Hall–Kier alpha value is -0.570. The normalized spacial score (nSPS) is 10.7. The SMILES string of the molecule is CNCCCCCN(C)C(=O)CC(C)C. The van der Waals surface area contributed by atoms with Crippen LogP contribution in [0.4, 0.5) is 0 Å². The third-order valence-corrected chi connectivity index (χ3v) is 2.43. The molecule has 0 aromatic heterocycles. The van der Waals surface area contributed by atoms with Gasteiger partial charge in [0.2, 0.25) is 5.91 Å². The minimum atomic E-state index is 0.276. The first-order valence-electron chi connectivity index (χ1n) is 5.96. The molecule has 1 amide bonds. The summed E-state index contributed by atoms with van der Waals surface area (Å²) in [6.45, 7) is 6.14. The van der Waals surface area contributed by atoms with Gasteiger partial charge < -0.3 is 10.2 Å². The number of nitrogens with one attached hydrogen (secondary N) is 1. The number of rotatable bonds is 8. The first-order valence-corrected chi connectivity index (χ1v) is 5.96. The fourth-order valence-electron chi connectivity index (χ4n) is 1.46. The number of carbonyl (C=O) groups is 1. The molecule has 0 saturated carbocycles. The van der Waals surface area contributed by atoms with Gasteiger partial charge in [-0.05, 0) is 32.4 Å². The van der Waals surface area contributed by atoms with Gasteiger partial charge in [0.1, 0.15) is 0 Å². The lowest BCUT2D eigenvalue weighted by molar-refractivity contribution is -0.130. The highest BCUT2D eigenvalue weighted by molar-refractivity contribution is 5.75. The van der Waals surface area contributed by atoms with Gasteiger partial charge in [-0.1, -0.05) is 20.3 Å². The van der Waals surface area contributed by atoms with Crippen molar-refractivity contribution in [3.63, 3.8) is 0 Å². The summed E-state index contributed by atoms with van der Waals surface area (Å²) < 4.78 is 0. The lowest BCUT2D eigenvalue weighted by atomic mass is 10.1. The van der Waals surface area contributed by atoms with Crippen molar-refractivity contribution in [2.45, 2.75) is 39.5 Å². The molecule has 0 aliphatic heterocycles. The van der Waals surface area contributed by atoms with Crippen molar-refractivity contribution >= 4 is 5.91 Å². The standard InChI is InChI=1S/C12H26N2O/c1-11(2)10-12(15)14(4)9-7-5-6-8-13-3/h11,13H,5-10H2,1-4H3. The Balaban J connectivity index is 3.47. The maximum absolute atomic E-state index is 11.6. The molecule has 1 N–H and O–H groups in total. The Morgan fingerprint density at radius 3 is 2.47 bits per heavy atom. The number of unbranched alkanes of at least 4 members (excludes halogenated alkanes) is 2. The van der Waals surface area contributed by atoms with Crippen molar-refractivity contribution < 1.29 is 4.79 Å². The van der Waals surface area contributed by atoms with Gasteiger partial charge in [0.05, 0.1) is 0 Å². The van der Waals surface area contributed by atoms with Crippen LogP contribution in [0.25, 0.3) is 0 Å². The van der Waals surface area contributed by atoms with Crippen LogP contribution in [-0.2, 0) is 4.79 Å². The molecule has 0 aromatic carbocycles. The second-order valence-corrected chi connectivity index (χ2v) is 4.58. The highest BCUT2D eigenvalue weighted by Gasteiger charge is 2.09. The van der Waals surface area contributed by atoms with E-state index in [2.05, 4.69) is 19.2 Å². The third kappa shape index (κ3) is 8.43. The zero-order chi connectivity index (χ0) is 11.7. The van der Waals surface area contributed by atoms with Crippen LogP contribution in [0.15, 0.2) is 0 Å². The van der Waals surface area contributed by atoms with Crippen LogP contribution in [0.1, 0.15) is 39.5 Å². The van der Waals surface area contributed by atoms with E-state index in [1.54, 1.807) is 0 Å². The van der Waals surface area contributed by atoms with E-state index in [1.807, 2.05) is 19.0 Å². The Labute approximate surface area is 94.2 Å². The van der Waals surface area contributed by atoms with E-state index in [1.165, 1.54) is 12.8 Å². The molecule has 0 aliphatic carbocycles. The van der Waals surface area contributed by atoms with E-state index in [4.69, 9.17) is 0 Å². The molecule has 90 valence electrons. The molecular weight excluding hydrogens is 188 g/mol. The second-order valence-electron chi connectivity index (χ2n) is 4.58. The molecule has 0 aliphatic rings. The molecule has 3 nitrogen and oxygen atoms in total.